The quantitative estimate of drug-likeness (QED) is 0.776. The Labute approximate surface area is 84.6 Å². The number of rotatable bonds is 2. The van der Waals surface area contributed by atoms with E-state index in [2.05, 4.69) is 9.72 Å². The fraction of sp³-hybridized carbons (Fsp3) is 0.143. The molecule has 6 heteroatoms. The van der Waals surface area contributed by atoms with Crippen molar-refractivity contribution in [3.63, 3.8) is 0 Å². The van der Waals surface area contributed by atoms with Gasteiger partial charge in [-0.2, -0.15) is 0 Å². The van der Waals surface area contributed by atoms with Gasteiger partial charge >= 0.3 is 6.09 Å². The molecule has 4 nitrogen and oxygen atoms in total. The SMILES string of the molecule is NC(=O)Oc1cc(Cl)cc(CCl)n1. The highest BCUT2D eigenvalue weighted by molar-refractivity contribution is 6.30. The number of alkyl halides is 1. The van der Waals surface area contributed by atoms with Gasteiger partial charge in [0.1, 0.15) is 0 Å². The molecule has 70 valence electrons. The Bertz CT molecular complexity index is 330. The second-order valence-corrected chi connectivity index (χ2v) is 2.87. The number of aromatic nitrogens is 1. The first-order valence-electron chi connectivity index (χ1n) is 3.31. The molecule has 13 heavy (non-hydrogen) atoms. The standard InChI is InChI=1S/C7H6Cl2N2O2/c8-3-5-1-4(9)2-6(11-5)13-7(10)12/h1-2H,3H2,(H2,10,12). The molecule has 0 aliphatic heterocycles. The molecule has 1 aromatic rings. The predicted molar refractivity (Wildman–Crippen MR) is 49.0 cm³/mol. The maximum Gasteiger partial charge on any atom is 0.411 e. The summed E-state index contributed by atoms with van der Waals surface area (Å²) < 4.78 is 4.52. The van der Waals surface area contributed by atoms with E-state index < -0.39 is 6.09 Å². The molecule has 2 N–H and O–H groups in total. The van der Waals surface area contributed by atoms with Crippen LogP contribution < -0.4 is 10.5 Å². The lowest BCUT2D eigenvalue weighted by atomic mass is 10.4. The van der Waals surface area contributed by atoms with Crippen LogP contribution in [0.4, 0.5) is 4.79 Å². The molecule has 0 spiro atoms. The van der Waals surface area contributed by atoms with Crippen molar-refractivity contribution >= 4 is 29.3 Å². The molecule has 1 amide bonds. The third-order valence-electron chi connectivity index (χ3n) is 1.16. The molecule has 0 saturated heterocycles. The van der Waals surface area contributed by atoms with Gasteiger partial charge in [0.15, 0.2) is 0 Å². The van der Waals surface area contributed by atoms with E-state index in [1.807, 2.05) is 0 Å². The lowest BCUT2D eigenvalue weighted by molar-refractivity contribution is 0.209. The van der Waals surface area contributed by atoms with Gasteiger partial charge in [-0.15, -0.1) is 11.6 Å². The minimum atomic E-state index is -0.935. The monoisotopic (exact) mass is 220 g/mol. The van der Waals surface area contributed by atoms with Crippen LogP contribution in [0.5, 0.6) is 5.88 Å². The fourth-order valence-electron chi connectivity index (χ4n) is 0.749. The van der Waals surface area contributed by atoms with E-state index in [1.165, 1.54) is 6.07 Å². The molecule has 0 aliphatic rings. The van der Waals surface area contributed by atoms with Crippen molar-refractivity contribution in [1.29, 1.82) is 0 Å². The molecule has 1 aromatic heterocycles. The second kappa shape index (κ2) is 4.30. The number of hydrogen-bond acceptors (Lipinski definition) is 3. The van der Waals surface area contributed by atoms with Crippen LogP contribution in [0, 0.1) is 0 Å². The predicted octanol–water partition coefficient (Wildman–Crippen LogP) is 1.93. The number of pyridine rings is 1. The molecule has 0 fully saturated rings. The van der Waals surface area contributed by atoms with Gasteiger partial charge in [-0.05, 0) is 6.07 Å². The summed E-state index contributed by atoms with van der Waals surface area (Å²) in [6.45, 7) is 0. The van der Waals surface area contributed by atoms with Gasteiger partial charge in [-0.3, -0.25) is 0 Å². The summed E-state index contributed by atoms with van der Waals surface area (Å²) in [5.74, 6) is 0.242. The van der Waals surface area contributed by atoms with Gasteiger partial charge in [-0.25, -0.2) is 9.78 Å². The summed E-state index contributed by atoms with van der Waals surface area (Å²) in [5.41, 5.74) is 5.31. The van der Waals surface area contributed by atoms with Crippen molar-refractivity contribution in [3.05, 3.63) is 22.8 Å². The number of halogens is 2. The van der Waals surface area contributed by atoms with Crippen molar-refractivity contribution in [1.82, 2.24) is 4.98 Å². The van der Waals surface area contributed by atoms with Gasteiger partial charge in [0.2, 0.25) is 5.88 Å². The number of nitrogens with two attached hydrogens (primary N) is 1. The Morgan fingerprint density at radius 2 is 2.31 bits per heavy atom. The van der Waals surface area contributed by atoms with E-state index in [1.54, 1.807) is 6.07 Å². The second-order valence-electron chi connectivity index (χ2n) is 2.17. The maximum absolute atomic E-state index is 10.4. The van der Waals surface area contributed by atoms with Crippen LogP contribution >= 0.6 is 23.2 Å². The van der Waals surface area contributed by atoms with E-state index >= 15 is 0 Å². The van der Waals surface area contributed by atoms with Crippen LogP contribution in [0.3, 0.4) is 0 Å². The molecule has 0 radical (unpaired) electrons. The first kappa shape index (κ1) is 10.1. The minimum Gasteiger partial charge on any atom is -0.391 e. The number of nitrogens with zero attached hydrogens (tertiary/aromatic N) is 1. The van der Waals surface area contributed by atoms with Crippen LogP contribution in [0.15, 0.2) is 12.1 Å². The van der Waals surface area contributed by atoms with Gasteiger partial charge in [-0.1, -0.05) is 11.6 Å². The van der Waals surface area contributed by atoms with E-state index in [4.69, 9.17) is 28.9 Å². The minimum absolute atomic E-state index is 0.0515. The number of amides is 1. The maximum atomic E-state index is 10.4. The van der Waals surface area contributed by atoms with E-state index in [-0.39, 0.29) is 11.8 Å². The highest BCUT2D eigenvalue weighted by Gasteiger charge is 2.04. The van der Waals surface area contributed by atoms with Gasteiger partial charge in [0.05, 0.1) is 11.6 Å². The molecule has 0 saturated carbocycles. The normalized spacial score (nSPS) is 9.69. The molecule has 0 aromatic carbocycles. The average Bonchev–Trinajstić information content (AvgIpc) is 2.01. The van der Waals surface area contributed by atoms with Gasteiger partial charge < -0.3 is 10.5 Å². The van der Waals surface area contributed by atoms with E-state index in [0.29, 0.717) is 10.7 Å². The third kappa shape index (κ3) is 3.08. The Morgan fingerprint density at radius 3 is 2.85 bits per heavy atom. The van der Waals surface area contributed by atoms with Crippen LogP contribution in [0.25, 0.3) is 0 Å². The summed E-state index contributed by atoms with van der Waals surface area (Å²) in [4.78, 5) is 14.2. The first-order chi connectivity index (χ1) is 6.11. The topological polar surface area (TPSA) is 65.2 Å². The van der Waals surface area contributed by atoms with Crippen molar-refractivity contribution in [2.24, 2.45) is 5.73 Å². The van der Waals surface area contributed by atoms with Crippen LogP contribution in [-0.2, 0) is 5.88 Å². The lowest BCUT2D eigenvalue weighted by Crippen LogP contribution is -2.17. The lowest BCUT2D eigenvalue weighted by Gasteiger charge is -2.01. The molecule has 0 atom stereocenters. The highest BCUT2D eigenvalue weighted by atomic mass is 35.5. The summed E-state index contributed by atoms with van der Waals surface area (Å²) >= 11 is 11.2. The van der Waals surface area contributed by atoms with Crippen molar-refractivity contribution < 1.29 is 9.53 Å². The fourth-order valence-corrected chi connectivity index (χ4v) is 1.10. The summed E-state index contributed by atoms with van der Waals surface area (Å²) in [7, 11) is 0. The molecule has 1 rings (SSSR count). The zero-order chi connectivity index (χ0) is 9.84. The number of carbonyl (C=O) groups is 1. The Hall–Kier alpha value is -1.00. The first-order valence-corrected chi connectivity index (χ1v) is 4.23. The Morgan fingerprint density at radius 1 is 1.62 bits per heavy atom. The summed E-state index contributed by atoms with van der Waals surface area (Å²) in [6.07, 6.45) is -0.935. The third-order valence-corrected chi connectivity index (χ3v) is 1.65. The Balaban J connectivity index is 2.94. The van der Waals surface area contributed by atoms with Crippen LogP contribution in [0.1, 0.15) is 5.69 Å². The summed E-state index contributed by atoms with van der Waals surface area (Å²) in [6, 6.07) is 2.95. The van der Waals surface area contributed by atoms with Crippen LogP contribution in [-0.4, -0.2) is 11.1 Å². The number of primary amides is 1. The van der Waals surface area contributed by atoms with Crippen molar-refractivity contribution in [2.45, 2.75) is 5.88 Å². The molecule has 0 unspecified atom stereocenters. The van der Waals surface area contributed by atoms with E-state index in [0.717, 1.165) is 0 Å². The zero-order valence-electron chi connectivity index (χ0n) is 6.46. The molecule has 0 aliphatic carbocycles. The number of hydrogen-bond donors (Lipinski definition) is 1. The highest BCUT2D eigenvalue weighted by Crippen LogP contribution is 2.18. The van der Waals surface area contributed by atoms with Crippen molar-refractivity contribution in [3.8, 4) is 5.88 Å². The average molecular weight is 221 g/mol. The number of carbonyl (C=O) groups excluding carboxylic acids is 1. The van der Waals surface area contributed by atoms with Crippen LogP contribution in [0.2, 0.25) is 5.02 Å². The number of ether oxygens (including phenoxy) is 1. The summed E-state index contributed by atoms with van der Waals surface area (Å²) in [5, 5.41) is 0.391. The van der Waals surface area contributed by atoms with Crippen molar-refractivity contribution in [2.75, 3.05) is 0 Å². The van der Waals surface area contributed by atoms with E-state index in [9.17, 15) is 4.79 Å². The van der Waals surface area contributed by atoms with Gasteiger partial charge in [0, 0.05) is 11.1 Å². The Kier molecular flexibility index (Phi) is 3.33. The zero-order valence-corrected chi connectivity index (χ0v) is 7.97. The molecular formula is C7H6Cl2N2O2. The smallest absolute Gasteiger partial charge is 0.391 e. The molecule has 1 heterocycles. The largest absolute Gasteiger partial charge is 0.411 e. The molecular weight excluding hydrogens is 215 g/mol. The van der Waals surface area contributed by atoms with Gasteiger partial charge in [0.25, 0.3) is 0 Å². The molecule has 0 bridgehead atoms.